The quantitative estimate of drug-likeness (QED) is 0.797. The van der Waals surface area contributed by atoms with Crippen molar-refractivity contribution < 1.29 is 9.18 Å². The van der Waals surface area contributed by atoms with Crippen molar-refractivity contribution in [1.29, 1.82) is 0 Å². The summed E-state index contributed by atoms with van der Waals surface area (Å²) in [5.74, 6) is -0.408. The second kappa shape index (κ2) is 4.49. The molecule has 1 heterocycles. The van der Waals surface area contributed by atoms with Crippen LogP contribution in [0.5, 0.6) is 0 Å². The summed E-state index contributed by atoms with van der Waals surface area (Å²) in [6.45, 7) is 3.68. The number of aromatic nitrogens is 2. The zero-order chi connectivity index (χ0) is 12.4. The molecule has 0 bridgehead atoms. The molecule has 1 aromatic heterocycles. The van der Waals surface area contributed by atoms with Crippen molar-refractivity contribution in [2.45, 2.75) is 20.3 Å². The van der Waals surface area contributed by atoms with Crippen LogP contribution in [-0.2, 0) is 6.42 Å². The van der Waals surface area contributed by atoms with Crippen LogP contribution in [0.1, 0.15) is 21.7 Å². The Balaban J connectivity index is 2.17. The summed E-state index contributed by atoms with van der Waals surface area (Å²) in [6, 6.07) is 7.77. The minimum Gasteiger partial charge on any atom is -0.272 e. The third kappa shape index (κ3) is 2.58. The number of hydrogen-bond acceptors (Lipinski definition) is 2. The Kier molecular flexibility index (Phi) is 3.04. The molecule has 0 aliphatic heterocycles. The van der Waals surface area contributed by atoms with Crippen LogP contribution < -0.4 is 0 Å². The molecule has 0 aliphatic carbocycles. The Morgan fingerprint density at radius 1 is 1.29 bits per heavy atom. The first-order valence-electron chi connectivity index (χ1n) is 5.37. The predicted octanol–water partition coefficient (Wildman–Crippen LogP) is 2.52. The Hall–Kier alpha value is -1.97. The highest BCUT2D eigenvalue weighted by Crippen LogP contribution is 2.07. The smallest absolute Gasteiger partial charge is 0.251 e. The van der Waals surface area contributed by atoms with Gasteiger partial charge in [0, 0.05) is 5.69 Å². The molecular weight excluding hydrogens is 219 g/mol. The molecule has 2 rings (SSSR count). The van der Waals surface area contributed by atoms with Gasteiger partial charge in [0.05, 0.1) is 12.1 Å². The van der Waals surface area contributed by atoms with Gasteiger partial charge in [0.1, 0.15) is 5.82 Å². The molecule has 2 aromatic rings. The van der Waals surface area contributed by atoms with Gasteiger partial charge >= 0.3 is 0 Å². The summed E-state index contributed by atoms with van der Waals surface area (Å²) < 4.78 is 14.1. The number of nitrogens with zero attached hydrogens (tertiary/aromatic N) is 2. The zero-order valence-corrected chi connectivity index (χ0v) is 9.77. The molecule has 0 radical (unpaired) electrons. The number of hydrogen-bond donors (Lipinski definition) is 0. The van der Waals surface area contributed by atoms with Crippen LogP contribution in [-0.4, -0.2) is 15.7 Å². The molecule has 3 nitrogen and oxygen atoms in total. The molecule has 0 amide bonds. The van der Waals surface area contributed by atoms with Gasteiger partial charge in [-0.2, -0.15) is 5.10 Å². The summed E-state index contributed by atoms with van der Waals surface area (Å²) in [4.78, 5) is 11.9. The van der Waals surface area contributed by atoms with Crippen LogP contribution in [0, 0.1) is 19.7 Å². The Morgan fingerprint density at radius 3 is 2.47 bits per heavy atom. The number of rotatable bonds is 2. The first kappa shape index (κ1) is 11.5. The lowest BCUT2D eigenvalue weighted by Crippen LogP contribution is -2.16. The van der Waals surface area contributed by atoms with Gasteiger partial charge in [-0.3, -0.25) is 4.79 Å². The predicted molar refractivity (Wildman–Crippen MR) is 62.4 cm³/mol. The third-order valence-electron chi connectivity index (χ3n) is 2.51. The molecule has 17 heavy (non-hydrogen) atoms. The van der Waals surface area contributed by atoms with E-state index >= 15 is 0 Å². The minimum atomic E-state index is -0.299. The Bertz CT molecular complexity index is 543. The van der Waals surface area contributed by atoms with Crippen molar-refractivity contribution in [3.63, 3.8) is 0 Å². The maximum atomic E-state index is 12.7. The first-order chi connectivity index (χ1) is 8.06. The van der Waals surface area contributed by atoms with E-state index in [0.717, 1.165) is 17.0 Å². The van der Waals surface area contributed by atoms with Crippen molar-refractivity contribution in [1.82, 2.24) is 9.78 Å². The van der Waals surface area contributed by atoms with Crippen LogP contribution in [0.3, 0.4) is 0 Å². The summed E-state index contributed by atoms with van der Waals surface area (Å²) >= 11 is 0. The topological polar surface area (TPSA) is 34.9 Å². The lowest BCUT2D eigenvalue weighted by atomic mass is 10.1. The van der Waals surface area contributed by atoms with Gasteiger partial charge in [-0.25, -0.2) is 9.07 Å². The fraction of sp³-hybridized carbons (Fsp3) is 0.231. The first-order valence-corrected chi connectivity index (χ1v) is 5.37. The fourth-order valence-corrected chi connectivity index (χ4v) is 1.73. The van der Waals surface area contributed by atoms with Crippen LogP contribution in [0.25, 0.3) is 0 Å². The normalized spacial score (nSPS) is 10.5. The number of carbonyl (C=O) groups is 1. The number of halogens is 1. The average molecular weight is 232 g/mol. The van der Waals surface area contributed by atoms with Gasteiger partial charge in [0.15, 0.2) is 0 Å². The number of aryl methyl sites for hydroxylation is 2. The zero-order valence-electron chi connectivity index (χ0n) is 9.77. The molecular formula is C13H13FN2O. The number of carbonyl (C=O) groups excluding carboxylic acids is 1. The van der Waals surface area contributed by atoms with E-state index in [2.05, 4.69) is 5.10 Å². The maximum absolute atomic E-state index is 12.7. The molecule has 1 aromatic carbocycles. The van der Waals surface area contributed by atoms with Crippen molar-refractivity contribution in [3.05, 3.63) is 53.1 Å². The van der Waals surface area contributed by atoms with Crippen molar-refractivity contribution in [2.24, 2.45) is 0 Å². The van der Waals surface area contributed by atoms with E-state index in [9.17, 15) is 9.18 Å². The van der Waals surface area contributed by atoms with E-state index in [0.29, 0.717) is 0 Å². The molecule has 0 N–H and O–H groups in total. The molecule has 0 saturated carbocycles. The lowest BCUT2D eigenvalue weighted by Gasteiger charge is -2.03. The summed E-state index contributed by atoms with van der Waals surface area (Å²) in [5.41, 5.74) is 2.41. The molecule has 0 fully saturated rings. The summed E-state index contributed by atoms with van der Waals surface area (Å²) in [6.07, 6.45) is 0.224. The third-order valence-corrected chi connectivity index (χ3v) is 2.51. The minimum absolute atomic E-state index is 0.109. The van der Waals surface area contributed by atoms with Crippen molar-refractivity contribution >= 4 is 5.91 Å². The molecule has 0 aliphatic rings. The molecule has 4 heteroatoms. The molecule has 0 spiro atoms. The highest BCUT2D eigenvalue weighted by molar-refractivity contribution is 5.81. The van der Waals surface area contributed by atoms with Crippen LogP contribution in [0.15, 0.2) is 30.3 Å². The lowest BCUT2D eigenvalue weighted by molar-refractivity contribution is 0.0895. The average Bonchev–Trinajstić information content (AvgIpc) is 2.61. The second-order valence-electron chi connectivity index (χ2n) is 4.04. The Labute approximate surface area is 98.9 Å². The molecule has 0 saturated heterocycles. The molecule has 88 valence electrons. The largest absolute Gasteiger partial charge is 0.272 e. The van der Waals surface area contributed by atoms with Crippen molar-refractivity contribution in [2.75, 3.05) is 0 Å². The van der Waals surface area contributed by atoms with E-state index in [1.54, 1.807) is 12.1 Å². The van der Waals surface area contributed by atoms with Crippen LogP contribution in [0.2, 0.25) is 0 Å². The van der Waals surface area contributed by atoms with Gasteiger partial charge in [-0.05, 0) is 37.6 Å². The SMILES string of the molecule is Cc1cc(C)n(C(=O)Cc2ccc(F)cc2)n1. The van der Waals surface area contributed by atoms with Crippen LogP contribution in [0.4, 0.5) is 4.39 Å². The van der Waals surface area contributed by atoms with Gasteiger partial charge in [0.25, 0.3) is 5.91 Å². The van der Waals surface area contributed by atoms with Crippen molar-refractivity contribution in [3.8, 4) is 0 Å². The fourth-order valence-electron chi connectivity index (χ4n) is 1.73. The van der Waals surface area contributed by atoms with E-state index in [-0.39, 0.29) is 18.1 Å². The van der Waals surface area contributed by atoms with E-state index in [4.69, 9.17) is 0 Å². The second-order valence-corrected chi connectivity index (χ2v) is 4.04. The van der Waals surface area contributed by atoms with E-state index in [1.807, 2.05) is 19.9 Å². The van der Waals surface area contributed by atoms with Crippen LogP contribution >= 0.6 is 0 Å². The van der Waals surface area contributed by atoms with E-state index < -0.39 is 0 Å². The standard InChI is InChI=1S/C13H13FN2O/c1-9-7-10(2)16(15-9)13(17)8-11-3-5-12(14)6-4-11/h3-7H,8H2,1-2H3. The highest BCUT2D eigenvalue weighted by Gasteiger charge is 2.10. The highest BCUT2D eigenvalue weighted by atomic mass is 19.1. The monoisotopic (exact) mass is 232 g/mol. The summed E-state index contributed by atoms with van der Waals surface area (Å²) in [7, 11) is 0. The van der Waals surface area contributed by atoms with Gasteiger partial charge in [-0.1, -0.05) is 12.1 Å². The van der Waals surface area contributed by atoms with Gasteiger partial charge in [-0.15, -0.1) is 0 Å². The molecule has 0 atom stereocenters. The van der Waals surface area contributed by atoms with Gasteiger partial charge in [0.2, 0.25) is 0 Å². The Morgan fingerprint density at radius 2 is 1.94 bits per heavy atom. The molecule has 0 unspecified atom stereocenters. The number of benzene rings is 1. The maximum Gasteiger partial charge on any atom is 0.251 e. The van der Waals surface area contributed by atoms with E-state index in [1.165, 1.54) is 16.8 Å². The van der Waals surface area contributed by atoms with Gasteiger partial charge < -0.3 is 0 Å². The summed E-state index contributed by atoms with van der Waals surface area (Å²) in [5, 5.41) is 4.12.